The number of hydrogen-bond donors (Lipinski definition) is 0. The largest absolute Gasteiger partial charge is 0.286 e. The molecule has 1 aromatic heterocycles. The van der Waals surface area contributed by atoms with Gasteiger partial charge in [-0.1, -0.05) is 54.1 Å². The van der Waals surface area contributed by atoms with Crippen molar-refractivity contribution in [3.8, 4) is 0 Å². The number of nitrogens with zero attached hydrogens (tertiary/aromatic N) is 5. The third-order valence-electron chi connectivity index (χ3n) is 6.06. The van der Waals surface area contributed by atoms with E-state index in [2.05, 4.69) is 26.5 Å². The summed E-state index contributed by atoms with van der Waals surface area (Å²) >= 11 is 6.15. The van der Waals surface area contributed by atoms with Gasteiger partial charge in [-0.05, 0) is 75.5 Å². The minimum atomic E-state index is -0.281. The predicted molar refractivity (Wildman–Crippen MR) is 127 cm³/mol. The van der Waals surface area contributed by atoms with E-state index in [1.54, 1.807) is 16.8 Å². The zero-order valence-electron chi connectivity index (χ0n) is 18.3. The summed E-state index contributed by atoms with van der Waals surface area (Å²) in [6, 6.07) is 20.5. The zero-order chi connectivity index (χ0) is 23.5. The van der Waals surface area contributed by atoms with Gasteiger partial charge in [-0.15, -0.1) is 5.10 Å². The van der Waals surface area contributed by atoms with Crippen molar-refractivity contribution in [1.29, 1.82) is 0 Å². The van der Waals surface area contributed by atoms with E-state index in [-0.39, 0.29) is 17.7 Å². The van der Waals surface area contributed by atoms with Gasteiger partial charge in [0.1, 0.15) is 11.6 Å². The van der Waals surface area contributed by atoms with Gasteiger partial charge in [-0.2, -0.15) is 0 Å². The molecule has 0 bridgehead atoms. The maximum absolute atomic E-state index is 13.4. The Morgan fingerprint density at radius 1 is 0.882 bits per heavy atom. The second-order valence-corrected chi connectivity index (χ2v) is 8.69. The fourth-order valence-electron chi connectivity index (χ4n) is 4.30. The molecule has 2 heterocycles. The Morgan fingerprint density at radius 2 is 1.56 bits per heavy atom. The summed E-state index contributed by atoms with van der Waals surface area (Å²) in [4.78, 5) is 2.31. The van der Waals surface area contributed by atoms with Crippen molar-refractivity contribution in [1.82, 2.24) is 25.1 Å². The Kier molecular flexibility index (Phi) is 6.47. The van der Waals surface area contributed by atoms with Gasteiger partial charge in [-0.25, -0.2) is 13.5 Å². The van der Waals surface area contributed by atoms with Crippen molar-refractivity contribution in [3.63, 3.8) is 0 Å². The highest BCUT2D eigenvalue weighted by Gasteiger charge is 2.29. The van der Waals surface area contributed by atoms with E-state index in [1.807, 2.05) is 36.4 Å². The Bertz CT molecular complexity index is 1280. The normalized spacial score (nSPS) is 15.2. The van der Waals surface area contributed by atoms with Crippen LogP contribution in [0.3, 0.4) is 0 Å². The van der Waals surface area contributed by atoms with E-state index in [0.717, 1.165) is 29.7 Å². The zero-order valence-corrected chi connectivity index (χ0v) is 19.0. The molecule has 3 aromatic carbocycles. The summed E-state index contributed by atoms with van der Waals surface area (Å²) in [6.45, 7) is 1.89. The molecule has 4 aromatic rings. The molecule has 34 heavy (non-hydrogen) atoms. The van der Waals surface area contributed by atoms with Gasteiger partial charge in [0, 0.05) is 18.1 Å². The van der Waals surface area contributed by atoms with Crippen LogP contribution in [0.4, 0.5) is 8.78 Å². The Hall–Kier alpha value is -3.42. The SMILES string of the molecule is Fc1ccc(Cn2nnnc2[C@@H](c2ccc(Cl)cc2)N2CC=C(c3ccc(F)cc3)CC2)cc1. The van der Waals surface area contributed by atoms with Crippen molar-refractivity contribution in [2.45, 2.75) is 19.0 Å². The third kappa shape index (κ3) is 4.90. The second kappa shape index (κ2) is 9.83. The molecule has 5 rings (SSSR count). The minimum absolute atomic E-state index is 0.196. The van der Waals surface area contributed by atoms with Crippen LogP contribution in [0.25, 0.3) is 5.57 Å². The van der Waals surface area contributed by atoms with E-state index in [4.69, 9.17) is 11.6 Å². The number of tetrazole rings is 1. The third-order valence-corrected chi connectivity index (χ3v) is 6.31. The van der Waals surface area contributed by atoms with E-state index in [0.29, 0.717) is 23.9 Å². The van der Waals surface area contributed by atoms with E-state index >= 15 is 0 Å². The molecule has 1 aliphatic rings. The molecule has 0 radical (unpaired) electrons. The smallest absolute Gasteiger partial charge is 0.173 e. The number of benzene rings is 3. The number of hydrogen-bond acceptors (Lipinski definition) is 4. The van der Waals surface area contributed by atoms with Gasteiger partial charge in [0.2, 0.25) is 0 Å². The first-order valence-corrected chi connectivity index (χ1v) is 11.4. The molecular weight excluding hydrogens is 456 g/mol. The van der Waals surface area contributed by atoms with Crippen LogP contribution < -0.4 is 0 Å². The maximum atomic E-state index is 13.4. The van der Waals surface area contributed by atoms with Crippen molar-refractivity contribution in [2.24, 2.45) is 0 Å². The lowest BCUT2D eigenvalue weighted by Gasteiger charge is -2.33. The Balaban J connectivity index is 1.46. The predicted octanol–water partition coefficient (Wildman–Crippen LogP) is 5.53. The summed E-state index contributed by atoms with van der Waals surface area (Å²) in [5.41, 5.74) is 4.15. The van der Waals surface area contributed by atoms with Crippen LogP contribution in [-0.2, 0) is 6.54 Å². The van der Waals surface area contributed by atoms with E-state index in [1.165, 1.54) is 29.8 Å². The molecule has 0 amide bonds. The fourth-order valence-corrected chi connectivity index (χ4v) is 4.42. The molecule has 0 aliphatic carbocycles. The molecule has 0 spiro atoms. The Labute approximate surface area is 201 Å². The van der Waals surface area contributed by atoms with Gasteiger partial charge in [-0.3, -0.25) is 4.90 Å². The quantitative estimate of drug-likeness (QED) is 0.366. The standard InChI is InChI=1S/C26H22ClF2N5/c27-22-7-3-21(4-8-22)25(26-30-31-32-34(26)17-18-1-9-23(28)10-2-18)33-15-13-20(14-16-33)19-5-11-24(29)12-6-19/h1-13,25H,14-17H2/t25-/m1/s1. The van der Waals surface area contributed by atoms with Crippen molar-refractivity contribution in [2.75, 3.05) is 13.1 Å². The molecule has 0 saturated carbocycles. The topological polar surface area (TPSA) is 46.8 Å². The summed E-state index contributed by atoms with van der Waals surface area (Å²) in [6.07, 6.45) is 2.99. The summed E-state index contributed by atoms with van der Waals surface area (Å²) in [5, 5.41) is 13.2. The molecule has 5 nitrogen and oxygen atoms in total. The number of halogens is 3. The molecule has 172 valence electrons. The first kappa shape index (κ1) is 22.4. The van der Waals surface area contributed by atoms with Crippen molar-refractivity contribution >= 4 is 17.2 Å². The van der Waals surface area contributed by atoms with Gasteiger partial charge in [0.25, 0.3) is 0 Å². The highest BCUT2D eigenvalue weighted by Crippen LogP contribution is 2.32. The Morgan fingerprint density at radius 3 is 2.21 bits per heavy atom. The van der Waals surface area contributed by atoms with Gasteiger partial charge < -0.3 is 0 Å². The lowest BCUT2D eigenvalue weighted by Crippen LogP contribution is -2.35. The minimum Gasteiger partial charge on any atom is -0.286 e. The molecule has 8 heteroatoms. The molecule has 1 atom stereocenters. The van der Waals surface area contributed by atoms with Crippen LogP contribution in [0.5, 0.6) is 0 Å². The van der Waals surface area contributed by atoms with Crippen LogP contribution in [-0.4, -0.2) is 38.2 Å². The highest BCUT2D eigenvalue weighted by molar-refractivity contribution is 6.30. The lowest BCUT2D eigenvalue weighted by atomic mass is 9.96. The van der Waals surface area contributed by atoms with E-state index in [9.17, 15) is 8.78 Å². The van der Waals surface area contributed by atoms with Crippen LogP contribution in [0.15, 0.2) is 78.9 Å². The molecule has 0 saturated heterocycles. The maximum Gasteiger partial charge on any atom is 0.173 e. The number of rotatable bonds is 6. The van der Waals surface area contributed by atoms with Gasteiger partial charge >= 0.3 is 0 Å². The first-order chi connectivity index (χ1) is 16.6. The highest BCUT2D eigenvalue weighted by atomic mass is 35.5. The summed E-state index contributed by atoms with van der Waals surface area (Å²) < 4.78 is 28.4. The van der Waals surface area contributed by atoms with E-state index < -0.39 is 0 Å². The number of aromatic nitrogens is 4. The molecule has 0 N–H and O–H groups in total. The lowest BCUT2D eigenvalue weighted by molar-refractivity contribution is 0.235. The monoisotopic (exact) mass is 477 g/mol. The van der Waals surface area contributed by atoms with Crippen molar-refractivity contribution in [3.05, 3.63) is 118 Å². The van der Waals surface area contributed by atoms with Crippen LogP contribution in [0.1, 0.15) is 35.0 Å². The average molecular weight is 478 g/mol. The van der Waals surface area contributed by atoms with Crippen molar-refractivity contribution < 1.29 is 8.78 Å². The second-order valence-electron chi connectivity index (χ2n) is 8.26. The average Bonchev–Trinajstić information content (AvgIpc) is 3.30. The fraction of sp³-hybridized carbons (Fsp3) is 0.192. The van der Waals surface area contributed by atoms with Crippen LogP contribution in [0.2, 0.25) is 5.02 Å². The molecule has 0 fully saturated rings. The van der Waals surface area contributed by atoms with Crippen LogP contribution >= 0.6 is 11.6 Å². The molecule has 0 unspecified atom stereocenters. The van der Waals surface area contributed by atoms with Gasteiger partial charge in [0.15, 0.2) is 5.82 Å². The van der Waals surface area contributed by atoms with Crippen LogP contribution in [0, 0.1) is 11.6 Å². The first-order valence-electron chi connectivity index (χ1n) is 11.0. The molecular formula is C26H22ClF2N5. The summed E-state index contributed by atoms with van der Waals surface area (Å²) in [5.74, 6) is 0.180. The van der Waals surface area contributed by atoms with Gasteiger partial charge in [0.05, 0.1) is 12.6 Å². The molecule has 1 aliphatic heterocycles. The summed E-state index contributed by atoms with van der Waals surface area (Å²) in [7, 11) is 0.